The van der Waals surface area contributed by atoms with Gasteiger partial charge in [0, 0.05) is 17.0 Å². The monoisotopic (exact) mass is 279 g/mol. The van der Waals surface area contributed by atoms with Crippen LogP contribution in [-0.4, -0.2) is 24.7 Å². The first-order chi connectivity index (χ1) is 9.33. The zero-order chi connectivity index (χ0) is 13.5. The number of benzene rings is 1. The molecule has 1 atom stereocenters. The lowest BCUT2D eigenvalue weighted by Gasteiger charge is -2.20. The lowest BCUT2D eigenvalue weighted by atomic mass is 10.1. The molecule has 19 heavy (non-hydrogen) atoms. The van der Waals surface area contributed by atoms with E-state index in [1.165, 1.54) is 31.2 Å². The molecule has 3 heteroatoms. The van der Waals surface area contributed by atoms with Gasteiger partial charge in [0.1, 0.15) is 5.75 Å². The lowest BCUT2D eigenvalue weighted by molar-refractivity contribution is 0.413. The Bertz CT molecular complexity index is 377. The van der Waals surface area contributed by atoms with Crippen molar-refractivity contribution in [3.8, 4) is 5.75 Å². The van der Waals surface area contributed by atoms with Crippen LogP contribution in [0.3, 0.4) is 0 Å². The summed E-state index contributed by atoms with van der Waals surface area (Å²) in [4.78, 5) is 0. The van der Waals surface area contributed by atoms with Gasteiger partial charge in [0.15, 0.2) is 0 Å². The molecule has 1 aromatic carbocycles. The van der Waals surface area contributed by atoms with Crippen molar-refractivity contribution in [2.75, 3.05) is 19.4 Å². The first-order valence-corrected chi connectivity index (χ1v) is 8.37. The SMILES string of the molecule is CCNC(CSC1CCCC1)c1cccc(OC)c1. The summed E-state index contributed by atoms with van der Waals surface area (Å²) < 4.78 is 5.33. The number of rotatable bonds is 7. The van der Waals surface area contributed by atoms with Crippen LogP contribution in [0, 0.1) is 0 Å². The van der Waals surface area contributed by atoms with E-state index in [4.69, 9.17) is 4.74 Å². The summed E-state index contributed by atoms with van der Waals surface area (Å²) in [5.41, 5.74) is 1.34. The van der Waals surface area contributed by atoms with Crippen LogP contribution in [0.2, 0.25) is 0 Å². The summed E-state index contributed by atoms with van der Waals surface area (Å²) in [7, 11) is 1.73. The topological polar surface area (TPSA) is 21.3 Å². The first-order valence-electron chi connectivity index (χ1n) is 7.32. The third kappa shape index (κ3) is 4.43. The van der Waals surface area contributed by atoms with Crippen LogP contribution in [0.5, 0.6) is 5.75 Å². The third-order valence-corrected chi connectivity index (χ3v) is 5.22. The number of hydrogen-bond acceptors (Lipinski definition) is 3. The normalized spacial score (nSPS) is 17.6. The second-order valence-corrected chi connectivity index (χ2v) is 6.46. The maximum absolute atomic E-state index is 5.33. The fraction of sp³-hybridized carbons (Fsp3) is 0.625. The number of methoxy groups -OCH3 is 1. The van der Waals surface area contributed by atoms with Gasteiger partial charge in [-0.3, -0.25) is 0 Å². The van der Waals surface area contributed by atoms with Crippen molar-refractivity contribution >= 4 is 11.8 Å². The zero-order valence-electron chi connectivity index (χ0n) is 12.0. The van der Waals surface area contributed by atoms with E-state index >= 15 is 0 Å². The summed E-state index contributed by atoms with van der Waals surface area (Å²) in [6.45, 7) is 3.18. The van der Waals surface area contributed by atoms with Crippen LogP contribution in [0.25, 0.3) is 0 Å². The summed E-state index contributed by atoms with van der Waals surface area (Å²) in [5.74, 6) is 2.11. The van der Waals surface area contributed by atoms with E-state index in [0.29, 0.717) is 6.04 Å². The van der Waals surface area contributed by atoms with Crippen molar-refractivity contribution in [1.82, 2.24) is 5.32 Å². The molecule has 0 bridgehead atoms. The molecule has 2 nitrogen and oxygen atoms in total. The van der Waals surface area contributed by atoms with Crippen molar-refractivity contribution in [1.29, 1.82) is 0 Å². The molecule has 1 N–H and O–H groups in total. The molecule has 0 aromatic heterocycles. The molecule has 0 saturated heterocycles. The quantitative estimate of drug-likeness (QED) is 0.814. The van der Waals surface area contributed by atoms with Gasteiger partial charge in [-0.1, -0.05) is 31.9 Å². The number of thioether (sulfide) groups is 1. The Balaban J connectivity index is 1.96. The fourth-order valence-corrected chi connectivity index (χ4v) is 4.11. The van der Waals surface area contributed by atoms with Gasteiger partial charge < -0.3 is 10.1 Å². The molecule has 0 aliphatic heterocycles. The molecule has 1 saturated carbocycles. The Hall–Kier alpha value is -0.670. The second kappa shape index (κ2) is 7.81. The summed E-state index contributed by atoms with van der Waals surface area (Å²) in [6, 6.07) is 8.88. The minimum Gasteiger partial charge on any atom is -0.497 e. The van der Waals surface area contributed by atoms with E-state index in [-0.39, 0.29) is 0 Å². The van der Waals surface area contributed by atoms with E-state index in [1.807, 2.05) is 6.07 Å². The molecule has 1 aliphatic rings. The highest BCUT2D eigenvalue weighted by molar-refractivity contribution is 7.99. The summed E-state index contributed by atoms with van der Waals surface area (Å²) in [6.07, 6.45) is 5.65. The predicted molar refractivity (Wildman–Crippen MR) is 84.1 cm³/mol. The largest absolute Gasteiger partial charge is 0.497 e. The van der Waals surface area contributed by atoms with Gasteiger partial charge in [-0.2, -0.15) is 11.8 Å². The molecule has 0 heterocycles. The van der Waals surface area contributed by atoms with E-state index in [2.05, 4.69) is 42.2 Å². The maximum atomic E-state index is 5.33. The highest BCUT2D eigenvalue weighted by Crippen LogP contribution is 2.32. The van der Waals surface area contributed by atoms with E-state index in [0.717, 1.165) is 23.3 Å². The molecule has 0 spiro atoms. The van der Waals surface area contributed by atoms with Gasteiger partial charge in [0.2, 0.25) is 0 Å². The zero-order valence-corrected chi connectivity index (χ0v) is 12.8. The Labute approximate surface area is 121 Å². The smallest absolute Gasteiger partial charge is 0.119 e. The van der Waals surface area contributed by atoms with Crippen molar-refractivity contribution in [2.45, 2.75) is 43.9 Å². The van der Waals surface area contributed by atoms with E-state index < -0.39 is 0 Å². The Kier molecular flexibility index (Phi) is 6.05. The maximum Gasteiger partial charge on any atom is 0.119 e. The van der Waals surface area contributed by atoms with Gasteiger partial charge in [-0.05, 0) is 37.1 Å². The highest BCUT2D eigenvalue weighted by Gasteiger charge is 2.18. The molecule has 1 aromatic rings. The van der Waals surface area contributed by atoms with Crippen molar-refractivity contribution < 1.29 is 4.74 Å². The Morgan fingerprint density at radius 1 is 1.37 bits per heavy atom. The molecule has 1 unspecified atom stereocenters. The van der Waals surface area contributed by atoms with E-state index in [9.17, 15) is 0 Å². The van der Waals surface area contributed by atoms with Gasteiger partial charge >= 0.3 is 0 Å². The summed E-state index contributed by atoms with van der Waals surface area (Å²) >= 11 is 2.14. The van der Waals surface area contributed by atoms with E-state index in [1.54, 1.807) is 7.11 Å². The van der Waals surface area contributed by atoms with Crippen LogP contribution >= 0.6 is 11.8 Å². The van der Waals surface area contributed by atoms with Crippen molar-refractivity contribution in [3.05, 3.63) is 29.8 Å². The molecule has 0 radical (unpaired) electrons. The Morgan fingerprint density at radius 2 is 2.16 bits per heavy atom. The standard InChI is InChI=1S/C16H25NOS/c1-3-17-16(12-19-15-9-4-5-10-15)13-7-6-8-14(11-13)18-2/h6-8,11,15-17H,3-5,9-10,12H2,1-2H3. The number of ether oxygens (including phenoxy) is 1. The van der Waals surface area contributed by atoms with Crippen LogP contribution in [0.1, 0.15) is 44.2 Å². The lowest BCUT2D eigenvalue weighted by Crippen LogP contribution is -2.23. The van der Waals surface area contributed by atoms with Gasteiger partial charge in [0.05, 0.1) is 7.11 Å². The predicted octanol–water partition coefficient (Wildman–Crippen LogP) is 4.02. The van der Waals surface area contributed by atoms with Crippen LogP contribution in [-0.2, 0) is 0 Å². The molecule has 0 amide bonds. The van der Waals surface area contributed by atoms with Crippen LogP contribution < -0.4 is 10.1 Å². The van der Waals surface area contributed by atoms with Crippen molar-refractivity contribution in [3.63, 3.8) is 0 Å². The molecule has 106 valence electrons. The number of nitrogens with one attached hydrogen (secondary N) is 1. The van der Waals surface area contributed by atoms with Crippen molar-refractivity contribution in [2.24, 2.45) is 0 Å². The highest BCUT2D eigenvalue weighted by atomic mass is 32.2. The average molecular weight is 279 g/mol. The molecular formula is C16H25NOS. The minimum atomic E-state index is 0.436. The van der Waals surface area contributed by atoms with Gasteiger partial charge in [-0.25, -0.2) is 0 Å². The number of hydrogen-bond donors (Lipinski definition) is 1. The summed E-state index contributed by atoms with van der Waals surface area (Å²) in [5, 5.41) is 4.48. The second-order valence-electron chi connectivity index (χ2n) is 5.13. The fourth-order valence-electron chi connectivity index (χ4n) is 2.66. The first kappa shape index (κ1) is 14.7. The van der Waals surface area contributed by atoms with Crippen LogP contribution in [0.4, 0.5) is 0 Å². The van der Waals surface area contributed by atoms with Gasteiger partial charge in [0.25, 0.3) is 0 Å². The Morgan fingerprint density at radius 3 is 2.84 bits per heavy atom. The average Bonchev–Trinajstić information content (AvgIpc) is 2.97. The third-order valence-electron chi connectivity index (χ3n) is 3.75. The van der Waals surface area contributed by atoms with Crippen LogP contribution in [0.15, 0.2) is 24.3 Å². The molecule has 1 aliphatic carbocycles. The van der Waals surface area contributed by atoms with Gasteiger partial charge in [-0.15, -0.1) is 0 Å². The molecule has 2 rings (SSSR count). The molecule has 1 fully saturated rings. The molecular weight excluding hydrogens is 254 g/mol. The minimum absolute atomic E-state index is 0.436.